The van der Waals surface area contributed by atoms with Crippen LogP contribution < -0.4 is 5.76 Å². The van der Waals surface area contributed by atoms with Crippen LogP contribution in [0.15, 0.2) is 27.4 Å². The average Bonchev–Trinajstić information content (AvgIpc) is 2.78. The Bertz CT molecular complexity index is 616. The van der Waals surface area contributed by atoms with Gasteiger partial charge in [-0.25, -0.2) is 4.79 Å². The monoisotopic (exact) mass is 282 g/mol. The third-order valence-corrected chi connectivity index (χ3v) is 3.72. The lowest BCUT2D eigenvalue weighted by molar-refractivity contribution is 0.0379. The molecule has 1 aliphatic rings. The van der Waals surface area contributed by atoms with Crippen molar-refractivity contribution in [3.05, 3.63) is 34.3 Å². The fourth-order valence-electron chi connectivity index (χ4n) is 2.27. The van der Waals surface area contributed by atoms with Crippen LogP contribution in [0.3, 0.4) is 0 Å². The first kappa shape index (κ1) is 12.7. The molecule has 0 amide bonds. The molecule has 6 heteroatoms. The minimum Gasteiger partial charge on any atom is -0.408 e. The van der Waals surface area contributed by atoms with E-state index >= 15 is 0 Å². The van der Waals surface area contributed by atoms with Crippen LogP contribution in [0, 0.1) is 0 Å². The fraction of sp³-hybridized carbons (Fsp3) is 0.462. The zero-order valence-corrected chi connectivity index (χ0v) is 11.2. The van der Waals surface area contributed by atoms with E-state index in [9.17, 15) is 4.79 Å². The molecular weight excluding hydrogens is 268 g/mol. The van der Waals surface area contributed by atoms with Gasteiger partial charge in [-0.3, -0.25) is 9.88 Å². The molecule has 1 aliphatic heterocycles. The molecular formula is C13H15ClN2O3. The molecule has 1 atom stereocenters. The maximum absolute atomic E-state index is 11.1. The SMILES string of the molecule is O=c1[nH]c2ccc(C(Cl)CN3CCOCC3)cc2o1. The molecule has 0 radical (unpaired) electrons. The van der Waals surface area contributed by atoms with Gasteiger partial charge in [0.15, 0.2) is 5.58 Å². The van der Waals surface area contributed by atoms with Gasteiger partial charge in [-0.1, -0.05) is 6.07 Å². The molecule has 19 heavy (non-hydrogen) atoms. The van der Waals surface area contributed by atoms with E-state index in [4.69, 9.17) is 20.8 Å². The van der Waals surface area contributed by atoms with E-state index < -0.39 is 5.76 Å². The summed E-state index contributed by atoms with van der Waals surface area (Å²) >= 11 is 6.43. The number of nitrogens with zero attached hydrogens (tertiary/aromatic N) is 1. The maximum Gasteiger partial charge on any atom is 0.417 e. The second-order valence-corrected chi connectivity index (χ2v) is 5.18. The Labute approximate surface area is 115 Å². The highest BCUT2D eigenvalue weighted by Crippen LogP contribution is 2.24. The summed E-state index contributed by atoms with van der Waals surface area (Å²) < 4.78 is 10.4. The molecule has 1 unspecified atom stereocenters. The maximum atomic E-state index is 11.1. The van der Waals surface area contributed by atoms with Crippen LogP contribution in [0.2, 0.25) is 0 Å². The zero-order chi connectivity index (χ0) is 13.2. The van der Waals surface area contributed by atoms with E-state index in [-0.39, 0.29) is 5.38 Å². The molecule has 0 spiro atoms. The Hall–Kier alpha value is -1.30. The van der Waals surface area contributed by atoms with E-state index in [0.29, 0.717) is 11.1 Å². The number of H-pyrrole nitrogens is 1. The largest absolute Gasteiger partial charge is 0.417 e. The summed E-state index contributed by atoms with van der Waals surface area (Å²) in [5, 5.41) is -0.122. The molecule has 102 valence electrons. The minimum absolute atomic E-state index is 0.122. The molecule has 2 heterocycles. The predicted octanol–water partition coefficient (Wildman–Crippen LogP) is 1.73. The van der Waals surface area contributed by atoms with Crippen molar-refractivity contribution in [2.75, 3.05) is 32.8 Å². The lowest BCUT2D eigenvalue weighted by Crippen LogP contribution is -2.38. The van der Waals surface area contributed by atoms with Crippen LogP contribution in [-0.2, 0) is 4.74 Å². The van der Waals surface area contributed by atoms with Crippen molar-refractivity contribution in [3.63, 3.8) is 0 Å². The van der Waals surface area contributed by atoms with Crippen molar-refractivity contribution >= 4 is 22.7 Å². The smallest absolute Gasteiger partial charge is 0.408 e. The molecule has 2 aromatic rings. The Morgan fingerprint density at radius 3 is 2.95 bits per heavy atom. The topological polar surface area (TPSA) is 58.5 Å². The highest BCUT2D eigenvalue weighted by molar-refractivity contribution is 6.21. The van der Waals surface area contributed by atoms with Gasteiger partial charge in [-0.05, 0) is 17.7 Å². The van der Waals surface area contributed by atoms with Crippen LogP contribution in [0.5, 0.6) is 0 Å². The summed E-state index contributed by atoms with van der Waals surface area (Å²) in [4.78, 5) is 16.0. The van der Waals surface area contributed by atoms with Gasteiger partial charge in [0.05, 0.1) is 24.1 Å². The Kier molecular flexibility index (Phi) is 3.59. The number of rotatable bonds is 3. The van der Waals surface area contributed by atoms with Crippen molar-refractivity contribution in [2.24, 2.45) is 0 Å². The Morgan fingerprint density at radius 2 is 2.16 bits per heavy atom. The van der Waals surface area contributed by atoms with Gasteiger partial charge < -0.3 is 9.15 Å². The number of ether oxygens (including phenoxy) is 1. The van der Waals surface area contributed by atoms with Crippen molar-refractivity contribution in [1.82, 2.24) is 9.88 Å². The van der Waals surface area contributed by atoms with Crippen molar-refractivity contribution in [2.45, 2.75) is 5.38 Å². The van der Waals surface area contributed by atoms with Crippen molar-refractivity contribution in [1.29, 1.82) is 0 Å². The fourth-order valence-corrected chi connectivity index (χ4v) is 2.60. The molecule has 1 aromatic heterocycles. The van der Waals surface area contributed by atoms with Crippen LogP contribution >= 0.6 is 11.6 Å². The van der Waals surface area contributed by atoms with Gasteiger partial charge in [-0.2, -0.15) is 0 Å². The standard InChI is InChI=1S/C13H15ClN2O3/c14-10(8-16-3-5-18-6-4-16)9-1-2-11-12(7-9)19-13(17)15-11/h1-2,7,10H,3-6,8H2,(H,15,17). The highest BCUT2D eigenvalue weighted by atomic mass is 35.5. The van der Waals surface area contributed by atoms with Crippen LogP contribution in [0.25, 0.3) is 11.1 Å². The number of oxazole rings is 1. The summed E-state index contributed by atoms with van der Waals surface area (Å²) in [6.45, 7) is 4.10. The van der Waals surface area contributed by atoms with Gasteiger partial charge in [-0.15, -0.1) is 11.6 Å². The molecule has 5 nitrogen and oxygen atoms in total. The summed E-state index contributed by atoms with van der Waals surface area (Å²) in [5.74, 6) is -0.438. The molecule has 0 bridgehead atoms. The minimum atomic E-state index is -0.438. The molecule has 1 saturated heterocycles. The number of nitrogens with one attached hydrogen (secondary N) is 1. The number of halogens is 1. The second-order valence-electron chi connectivity index (χ2n) is 4.65. The molecule has 1 N–H and O–H groups in total. The normalized spacial score (nSPS) is 18.8. The summed E-state index contributed by atoms with van der Waals surface area (Å²) in [6.07, 6.45) is 0. The van der Waals surface area contributed by atoms with E-state index in [1.807, 2.05) is 18.2 Å². The van der Waals surface area contributed by atoms with Crippen LogP contribution in [0.4, 0.5) is 0 Å². The Balaban J connectivity index is 1.76. The molecule has 1 fully saturated rings. The highest BCUT2D eigenvalue weighted by Gasteiger charge is 2.17. The summed E-state index contributed by atoms with van der Waals surface area (Å²) in [6, 6.07) is 5.57. The van der Waals surface area contributed by atoms with E-state index in [2.05, 4.69) is 9.88 Å². The first-order valence-corrected chi connectivity index (χ1v) is 6.73. The number of alkyl halides is 1. The lowest BCUT2D eigenvalue weighted by Gasteiger charge is -2.28. The molecule has 0 saturated carbocycles. The third-order valence-electron chi connectivity index (χ3n) is 3.33. The number of hydrogen-bond acceptors (Lipinski definition) is 4. The van der Waals surface area contributed by atoms with Crippen LogP contribution in [0.1, 0.15) is 10.9 Å². The van der Waals surface area contributed by atoms with Crippen LogP contribution in [-0.4, -0.2) is 42.7 Å². The van der Waals surface area contributed by atoms with Crippen molar-refractivity contribution < 1.29 is 9.15 Å². The van der Waals surface area contributed by atoms with Gasteiger partial charge >= 0.3 is 5.76 Å². The number of benzene rings is 1. The number of aromatic amines is 1. The number of hydrogen-bond donors (Lipinski definition) is 1. The summed E-state index contributed by atoms with van der Waals surface area (Å²) in [5.41, 5.74) is 2.21. The first-order chi connectivity index (χ1) is 9.22. The van der Waals surface area contributed by atoms with Crippen molar-refractivity contribution in [3.8, 4) is 0 Å². The number of fused-ring (bicyclic) bond motifs is 1. The predicted molar refractivity (Wildman–Crippen MR) is 72.7 cm³/mol. The van der Waals surface area contributed by atoms with E-state index in [1.54, 1.807) is 0 Å². The van der Waals surface area contributed by atoms with E-state index in [1.165, 1.54) is 0 Å². The molecule has 3 rings (SSSR count). The Morgan fingerprint density at radius 1 is 1.37 bits per heavy atom. The summed E-state index contributed by atoms with van der Waals surface area (Å²) in [7, 11) is 0. The second kappa shape index (κ2) is 5.36. The van der Waals surface area contributed by atoms with Gasteiger partial charge in [0.25, 0.3) is 0 Å². The van der Waals surface area contributed by atoms with Gasteiger partial charge in [0, 0.05) is 19.6 Å². The quantitative estimate of drug-likeness (QED) is 0.871. The van der Waals surface area contributed by atoms with E-state index in [0.717, 1.165) is 38.4 Å². The molecule has 1 aromatic carbocycles. The zero-order valence-electron chi connectivity index (χ0n) is 10.4. The van der Waals surface area contributed by atoms with Gasteiger partial charge in [0.2, 0.25) is 0 Å². The number of aromatic nitrogens is 1. The van der Waals surface area contributed by atoms with Gasteiger partial charge in [0.1, 0.15) is 0 Å². The molecule has 0 aliphatic carbocycles. The third kappa shape index (κ3) is 2.83. The average molecular weight is 283 g/mol. The first-order valence-electron chi connectivity index (χ1n) is 6.29. The number of morpholine rings is 1. The lowest BCUT2D eigenvalue weighted by atomic mass is 10.1.